The van der Waals surface area contributed by atoms with Crippen LogP contribution in [-0.4, -0.2) is 12.5 Å². The summed E-state index contributed by atoms with van der Waals surface area (Å²) in [5, 5.41) is 2.69. The van der Waals surface area contributed by atoms with Crippen LogP contribution in [0.3, 0.4) is 0 Å². The second kappa shape index (κ2) is 3.56. The molecule has 1 aliphatic carbocycles. The van der Waals surface area contributed by atoms with Gasteiger partial charge in [0.1, 0.15) is 0 Å². The number of rotatable bonds is 2. The van der Waals surface area contributed by atoms with E-state index in [1.54, 1.807) is 0 Å². The zero-order chi connectivity index (χ0) is 7.40. The third-order valence-corrected chi connectivity index (χ3v) is 2.18. The fourth-order valence-corrected chi connectivity index (χ4v) is 1.30. The van der Waals surface area contributed by atoms with Gasteiger partial charge in [-0.15, -0.1) is 0 Å². The maximum Gasteiger partial charge on any atom is 0.207 e. The molecule has 1 aliphatic rings. The lowest BCUT2D eigenvalue weighted by Gasteiger charge is -2.15. The van der Waals surface area contributed by atoms with Crippen molar-refractivity contribution in [2.45, 2.75) is 12.5 Å². The molecule has 54 valence electrons. The highest BCUT2D eigenvalue weighted by Crippen LogP contribution is 2.17. The van der Waals surface area contributed by atoms with Crippen LogP contribution in [-0.2, 0) is 4.79 Å². The van der Waals surface area contributed by atoms with Crippen LogP contribution in [0.5, 0.6) is 0 Å². The molecule has 2 nitrogen and oxygen atoms in total. The zero-order valence-electron chi connectivity index (χ0n) is 5.38. The lowest BCUT2D eigenvalue weighted by atomic mass is 10.1. The van der Waals surface area contributed by atoms with Crippen LogP contribution in [0.25, 0.3) is 0 Å². The Hall–Kier alpha value is -0.570. The van der Waals surface area contributed by atoms with Gasteiger partial charge in [0.05, 0.1) is 6.04 Å². The van der Waals surface area contributed by atoms with Gasteiger partial charge in [-0.3, -0.25) is 4.79 Å². The third kappa shape index (κ3) is 1.70. The normalized spacial score (nSPS) is 23.7. The van der Waals surface area contributed by atoms with Crippen molar-refractivity contribution in [1.82, 2.24) is 5.32 Å². The molecule has 0 bridgehead atoms. The van der Waals surface area contributed by atoms with Crippen LogP contribution in [0.2, 0.25) is 0 Å². The molecule has 0 fully saturated rings. The SMILES string of the molecule is O=CNC1CC=CC=C1Br. The Morgan fingerprint density at radius 1 is 1.80 bits per heavy atom. The van der Waals surface area contributed by atoms with Crippen molar-refractivity contribution in [1.29, 1.82) is 0 Å². The number of nitrogens with one attached hydrogen (secondary N) is 1. The largest absolute Gasteiger partial charge is 0.351 e. The number of carbonyl (C=O) groups is 1. The molecule has 0 aromatic heterocycles. The van der Waals surface area contributed by atoms with Crippen LogP contribution < -0.4 is 5.32 Å². The van der Waals surface area contributed by atoms with Gasteiger partial charge in [-0.25, -0.2) is 0 Å². The van der Waals surface area contributed by atoms with Crippen molar-refractivity contribution in [3.05, 3.63) is 22.7 Å². The first kappa shape index (κ1) is 7.54. The van der Waals surface area contributed by atoms with E-state index >= 15 is 0 Å². The molecule has 0 spiro atoms. The lowest BCUT2D eigenvalue weighted by molar-refractivity contribution is -0.109. The van der Waals surface area contributed by atoms with E-state index in [1.807, 2.05) is 18.2 Å². The first-order valence-electron chi connectivity index (χ1n) is 3.06. The number of amides is 1. The van der Waals surface area contributed by atoms with Crippen molar-refractivity contribution < 1.29 is 4.79 Å². The van der Waals surface area contributed by atoms with E-state index in [9.17, 15) is 4.79 Å². The van der Waals surface area contributed by atoms with Crippen molar-refractivity contribution in [3.63, 3.8) is 0 Å². The molecule has 0 saturated carbocycles. The van der Waals surface area contributed by atoms with E-state index < -0.39 is 0 Å². The average Bonchev–Trinajstić information content (AvgIpc) is 1.94. The maximum absolute atomic E-state index is 10.0. The fourth-order valence-electron chi connectivity index (χ4n) is 0.833. The first-order chi connectivity index (χ1) is 4.84. The highest BCUT2D eigenvalue weighted by Gasteiger charge is 2.10. The Morgan fingerprint density at radius 2 is 2.60 bits per heavy atom. The Morgan fingerprint density at radius 3 is 3.20 bits per heavy atom. The van der Waals surface area contributed by atoms with Crippen LogP contribution in [0.1, 0.15) is 6.42 Å². The van der Waals surface area contributed by atoms with E-state index in [0.717, 1.165) is 17.3 Å². The molecule has 10 heavy (non-hydrogen) atoms. The van der Waals surface area contributed by atoms with Crippen molar-refractivity contribution >= 4 is 22.3 Å². The number of allylic oxidation sites excluding steroid dienone is 2. The first-order valence-corrected chi connectivity index (χ1v) is 3.86. The molecular weight excluding hydrogens is 194 g/mol. The molecule has 0 aromatic carbocycles. The predicted octanol–water partition coefficient (Wildman–Crippen LogP) is 1.34. The summed E-state index contributed by atoms with van der Waals surface area (Å²) in [5.74, 6) is 0. The summed E-state index contributed by atoms with van der Waals surface area (Å²) >= 11 is 3.34. The summed E-state index contributed by atoms with van der Waals surface area (Å²) < 4.78 is 1.03. The molecule has 0 radical (unpaired) electrons. The maximum atomic E-state index is 10.0. The van der Waals surface area contributed by atoms with Gasteiger partial charge < -0.3 is 5.32 Å². The minimum absolute atomic E-state index is 0.141. The monoisotopic (exact) mass is 201 g/mol. The summed E-state index contributed by atoms with van der Waals surface area (Å²) in [4.78, 5) is 10.0. The number of hydrogen-bond acceptors (Lipinski definition) is 1. The topological polar surface area (TPSA) is 29.1 Å². The minimum atomic E-state index is 0.141. The number of hydrogen-bond donors (Lipinski definition) is 1. The second-order valence-electron chi connectivity index (χ2n) is 2.05. The molecule has 0 saturated heterocycles. The highest BCUT2D eigenvalue weighted by atomic mass is 79.9. The van der Waals surface area contributed by atoms with E-state index in [0.29, 0.717) is 0 Å². The van der Waals surface area contributed by atoms with E-state index in [-0.39, 0.29) is 6.04 Å². The Bertz CT molecular complexity index is 184. The molecule has 1 N–H and O–H groups in total. The fraction of sp³-hybridized carbons (Fsp3) is 0.286. The van der Waals surface area contributed by atoms with Crippen molar-refractivity contribution in [2.75, 3.05) is 0 Å². The Kier molecular flexibility index (Phi) is 2.68. The van der Waals surface area contributed by atoms with Crippen molar-refractivity contribution in [3.8, 4) is 0 Å². The number of halogens is 1. The van der Waals surface area contributed by atoms with Crippen LogP contribution >= 0.6 is 15.9 Å². The molecule has 0 aromatic rings. The molecule has 1 amide bonds. The Balaban J connectivity index is 2.55. The summed E-state index contributed by atoms with van der Waals surface area (Å²) in [5.41, 5.74) is 0. The molecule has 0 aliphatic heterocycles. The van der Waals surface area contributed by atoms with Gasteiger partial charge in [0.25, 0.3) is 0 Å². The highest BCUT2D eigenvalue weighted by molar-refractivity contribution is 9.11. The van der Waals surface area contributed by atoms with Crippen molar-refractivity contribution in [2.24, 2.45) is 0 Å². The lowest BCUT2D eigenvalue weighted by Crippen LogP contribution is -2.28. The van der Waals surface area contributed by atoms with Gasteiger partial charge in [0.2, 0.25) is 6.41 Å². The molecule has 1 rings (SSSR count). The summed E-state index contributed by atoms with van der Waals surface area (Å²) in [6, 6.07) is 0.141. The average molecular weight is 202 g/mol. The number of carbonyl (C=O) groups excluding carboxylic acids is 1. The summed E-state index contributed by atoms with van der Waals surface area (Å²) in [7, 11) is 0. The van der Waals surface area contributed by atoms with Gasteiger partial charge in [0.15, 0.2) is 0 Å². The zero-order valence-corrected chi connectivity index (χ0v) is 6.97. The van der Waals surface area contributed by atoms with Gasteiger partial charge in [-0.05, 0) is 6.42 Å². The van der Waals surface area contributed by atoms with Crippen LogP contribution in [0.4, 0.5) is 0 Å². The summed E-state index contributed by atoms with van der Waals surface area (Å²) in [6.45, 7) is 0. The molecule has 1 unspecified atom stereocenters. The van der Waals surface area contributed by atoms with E-state index in [2.05, 4.69) is 21.2 Å². The third-order valence-electron chi connectivity index (χ3n) is 1.37. The van der Waals surface area contributed by atoms with Gasteiger partial charge in [-0.1, -0.05) is 34.2 Å². The molecule has 0 heterocycles. The van der Waals surface area contributed by atoms with Gasteiger partial charge in [0, 0.05) is 4.48 Å². The molecule has 3 heteroatoms. The smallest absolute Gasteiger partial charge is 0.207 e. The van der Waals surface area contributed by atoms with Gasteiger partial charge >= 0.3 is 0 Å². The van der Waals surface area contributed by atoms with E-state index in [1.165, 1.54) is 0 Å². The van der Waals surface area contributed by atoms with Gasteiger partial charge in [-0.2, -0.15) is 0 Å². The van der Waals surface area contributed by atoms with Crippen LogP contribution in [0.15, 0.2) is 22.7 Å². The quantitative estimate of drug-likeness (QED) is 0.672. The minimum Gasteiger partial charge on any atom is -0.351 e. The molecule has 1 atom stereocenters. The standard InChI is InChI=1S/C7H8BrNO/c8-6-3-1-2-4-7(6)9-5-10/h1-3,5,7H,4H2,(H,9,10). The molecular formula is C7H8BrNO. The van der Waals surface area contributed by atoms with Crippen LogP contribution in [0, 0.1) is 0 Å². The predicted molar refractivity (Wildman–Crippen MR) is 43.8 cm³/mol. The summed E-state index contributed by atoms with van der Waals surface area (Å²) in [6.07, 6.45) is 7.51. The van der Waals surface area contributed by atoms with E-state index in [4.69, 9.17) is 0 Å². The Labute approximate surface area is 68.1 Å². The second-order valence-corrected chi connectivity index (χ2v) is 2.97.